The van der Waals surface area contributed by atoms with E-state index in [0.29, 0.717) is 0 Å². The second kappa shape index (κ2) is 11.2. The van der Waals surface area contributed by atoms with Crippen LogP contribution in [0.25, 0.3) is 0 Å². The van der Waals surface area contributed by atoms with Crippen molar-refractivity contribution in [2.24, 2.45) is 10.9 Å². The molecule has 0 bridgehead atoms. The lowest BCUT2D eigenvalue weighted by Gasteiger charge is -2.10. The summed E-state index contributed by atoms with van der Waals surface area (Å²) in [6, 6.07) is 0. The van der Waals surface area contributed by atoms with E-state index in [9.17, 15) is 0 Å². The Bertz CT molecular complexity index is 449. The van der Waals surface area contributed by atoms with Crippen LogP contribution in [0.3, 0.4) is 0 Å². The minimum atomic E-state index is 0. The molecule has 0 radical (unpaired) electrons. The van der Waals surface area contributed by atoms with Gasteiger partial charge in [0, 0.05) is 37.9 Å². The molecule has 1 saturated carbocycles. The van der Waals surface area contributed by atoms with Gasteiger partial charge >= 0.3 is 0 Å². The van der Waals surface area contributed by atoms with Gasteiger partial charge in [0.05, 0.1) is 6.54 Å². The molecule has 0 unspecified atom stereocenters. The average molecular weight is 438 g/mol. The van der Waals surface area contributed by atoms with Gasteiger partial charge in [-0.3, -0.25) is 4.99 Å². The van der Waals surface area contributed by atoms with Gasteiger partial charge in [-0.15, -0.1) is 35.3 Å². The molecule has 126 valence electrons. The van der Waals surface area contributed by atoms with E-state index >= 15 is 0 Å². The molecule has 2 N–H and O–H groups in total. The summed E-state index contributed by atoms with van der Waals surface area (Å²) in [5.41, 5.74) is 0. The van der Waals surface area contributed by atoms with Crippen LogP contribution in [0.2, 0.25) is 0 Å². The molecule has 0 amide bonds. The van der Waals surface area contributed by atoms with Crippen LogP contribution in [-0.2, 0) is 17.7 Å². The van der Waals surface area contributed by atoms with Crippen molar-refractivity contribution in [3.63, 3.8) is 0 Å². The molecule has 5 nitrogen and oxygen atoms in total. The first-order valence-corrected chi connectivity index (χ1v) is 8.59. The summed E-state index contributed by atoms with van der Waals surface area (Å²) in [5, 5.41) is 7.69. The van der Waals surface area contributed by atoms with E-state index in [1.54, 1.807) is 18.4 Å². The zero-order valence-electron chi connectivity index (χ0n) is 13.4. The van der Waals surface area contributed by atoms with Crippen LogP contribution in [-0.4, -0.2) is 37.7 Å². The van der Waals surface area contributed by atoms with E-state index in [2.05, 4.69) is 27.5 Å². The summed E-state index contributed by atoms with van der Waals surface area (Å²) in [6.07, 6.45) is 6.71. The number of guanidine groups is 1. The summed E-state index contributed by atoms with van der Waals surface area (Å²) in [7, 11) is 1.79. The fourth-order valence-electron chi connectivity index (χ4n) is 1.89. The molecule has 0 atom stereocenters. The van der Waals surface area contributed by atoms with Gasteiger partial charge in [-0.05, 0) is 31.6 Å². The molecule has 1 fully saturated rings. The number of hydrogen-bond acceptors (Lipinski definition) is 4. The fraction of sp³-hybridized carbons (Fsp3) is 0.733. The summed E-state index contributed by atoms with van der Waals surface area (Å²) in [5.74, 6) is 1.67. The van der Waals surface area contributed by atoms with Gasteiger partial charge in [0.2, 0.25) is 0 Å². The van der Waals surface area contributed by atoms with Crippen LogP contribution in [0, 0.1) is 5.92 Å². The molecule has 0 saturated heterocycles. The minimum absolute atomic E-state index is 0. The minimum Gasteiger partial charge on any atom is -0.381 e. The molecular formula is C15H27IN4OS. The molecule has 0 spiro atoms. The highest BCUT2D eigenvalue weighted by atomic mass is 127. The summed E-state index contributed by atoms with van der Waals surface area (Å²) in [6.45, 7) is 5.52. The van der Waals surface area contributed by atoms with Crippen molar-refractivity contribution in [3.05, 3.63) is 16.1 Å². The van der Waals surface area contributed by atoms with Gasteiger partial charge in [0.15, 0.2) is 5.96 Å². The predicted octanol–water partition coefficient (Wildman–Crippen LogP) is 2.81. The molecule has 1 aliphatic rings. The lowest BCUT2D eigenvalue weighted by atomic mass is 10.4. The highest BCUT2D eigenvalue weighted by Gasteiger charge is 2.20. The van der Waals surface area contributed by atoms with Crippen molar-refractivity contribution >= 4 is 41.3 Å². The Labute approximate surface area is 154 Å². The van der Waals surface area contributed by atoms with Crippen LogP contribution >= 0.6 is 35.3 Å². The summed E-state index contributed by atoms with van der Waals surface area (Å²) >= 11 is 1.75. The third-order valence-corrected chi connectivity index (χ3v) is 4.53. The average Bonchev–Trinajstić information content (AvgIpc) is 3.22. The summed E-state index contributed by atoms with van der Waals surface area (Å²) < 4.78 is 5.61. The lowest BCUT2D eigenvalue weighted by Crippen LogP contribution is -2.37. The van der Waals surface area contributed by atoms with Crippen molar-refractivity contribution in [3.8, 4) is 0 Å². The topological polar surface area (TPSA) is 58.5 Å². The Hall–Kier alpha value is -0.410. The Balaban J connectivity index is 0.00000242. The molecule has 22 heavy (non-hydrogen) atoms. The smallest absolute Gasteiger partial charge is 0.191 e. The predicted molar refractivity (Wildman–Crippen MR) is 103 cm³/mol. The SMILES string of the molecule is CCc1cnc(CNC(=NC)NCCCOCC2CC2)s1.I. The van der Waals surface area contributed by atoms with E-state index in [1.165, 1.54) is 17.7 Å². The molecule has 7 heteroatoms. The highest BCUT2D eigenvalue weighted by Crippen LogP contribution is 2.28. The number of halogens is 1. The standard InChI is InChI=1S/C15H26N4OS.HI/c1-3-13-9-18-14(21-13)10-19-15(16-2)17-7-4-8-20-11-12-5-6-12;/h9,12H,3-8,10-11H2,1-2H3,(H2,16,17,19);1H. The van der Waals surface area contributed by atoms with Crippen molar-refractivity contribution in [2.45, 2.75) is 39.2 Å². The van der Waals surface area contributed by atoms with Gasteiger partial charge < -0.3 is 15.4 Å². The number of rotatable bonds is 9. The first-order chi connectivity index (χ1) is 10.3. The molecule has 1 aromatic heterocycles. The third kappa shape index (κ3) is 7.73. The Morgan fingerprint density at radius 3 is 2.91 bits per heavy atom. The maximum Gasteiger partial charge on any atom is 0.191 e. The van der Waals surface area contributed by atoms with Gasteiger partial charge in [-0.1, -0.05) is 6.92 Å². The molecular weight excluding hydrogens is 411 g/mol. The molecule has 1 aromatic rings. The summed E-state index contributed by atoms with van der Waals surface area (Å²) in [4.78, 5) is 9.93. The van der Waals surface area contributed by atoms with Crippen LogP contribution < -0.4 is 10.6 Å². The first-order valence-electron chi connectivity index (χ1n) is 7.77. The second-order valence-corrected chi connectivity index (χ2v) is 6.50. The van der Waals surface area contributed by atoms with E-state index in [0.717, 1.165) is 56.0 Å². The lowest BCUT2D eigenvalue weighted by molar-refractivity contribution is 0.123. The molecule has 0 aliphatic heterocycles. The van der Waals surface area contributed by atoms with E-state index < -0.39 is 0 Å². The van der Waals surface area contributed by atoms with Gasteiger partial charge in [0.25, 0.3) is 0 Å². The molecule has 2 rings (SSSR count). The van der Waals surface area contributed by atoms with Gasteiger partial charge in [0.1, 0.15) is 5.01 Å². The number of ether oxygens (including phenoxy) is 1. The van der Waals surface area contributed by atoms with Crippen LogP contribution in [0.4, 0.5) is 0 Å². The third-order valence-electron chi connectivity index (χ3n) is 3.39. The maximum atomic E-state index is 5.61. The normalized spacial score (nSPS) is 14.5. The van der Waals surface area contributed by atoms with Crippen LogP contribution in [0.1, 0.15) is 36.1 Å². The Morgan fingerprint density at radius 1 is 1.45 bits per heavy atom. The molecule has 0 aromatic carbocycles. The zero-order valence-corrected chi connectivity index (χ0v) is 16.6. The molecule has 1 heterocycles. The van der Waals surface area contributed by atoms with Crippen molar-refractivity contribution < 1.29 is 4.74 Å². The maximum absolute atomic E-state index is 5.61. The molecule has 1 aliphatic carbocycles. The Kier molecular flexibility index (Phi) is 9.98. The van der Waals surface area contributed by atoms with Crippen LogP contribution in [0.15, 0.2) is 11.2 Å². The number of aromatic nitrogens is 1. The monoisotopic (exact) mass is 438 g/mol. The quantitative estimate of drug-likeness (QED) is 0.270. The number of aliphatic imine (C=N–C) groups is 1. The van der Waals surface area contributed by atoms with Crippen LogP contribution in [0.5, 0.6) is 0 Å². The van der Waals surface area contributed by atoms with Crippen molar-refractivity contribution in [2.75, 3.05) is 26.8 Å². The Morgan fingerprint density at radius 2 is 2.27 bits per heavy atom. The first kappa shape index (κ1) is 19.6. The zero-order chi connectivity index (χ0) is 14.9. The number of nitrogens with one attached hydrogen (secondary N) is 2. The van der Waals surface area contributed by atoms with E-state index in [1.807, 2.05) is 6.20 Å². The van der Waals surface area contributed by atoms with Gasteiger partial charge in [-0.2, -0.15) is 0 Å². The van der Waals surface area contributed by atoms with Crippen molar-refractivity contribution in [1.29, 1.82) is 0 Å². The number of thiazole rings is 1. The van der Waals surface area contributed by atoms with E-state index in [-0.39, 0.29) is 24.0 Å². The van der Waals surface area contributed by atoms with E-state index in [4.69, 9.17) is 4.74 Å². The number of hydrogen-bond donors (Lipinski definition) is 2. The highest BCUT2D eigenvalue weighted by molar-refractivity contribution is 14.0. The fourth-order valence-corrected chi connectivity index (χ4v) is 2.69. The van der Waals surface area contributed by atoms with Gasteiger partial charge in [-0.25, -0.2) is 4.98 Å². The number of nitrogens with zero attached hydrogens (tertiary/aromatic N) is 2. The largest absolute Gasteiger partial charge is 0.381 e. The van der Waals surface area contributed by atoms with Crippen molar-refractivity contribution in [1.82, 2.24) is 15.6 Å². The second-order valence-electron chi connectivity index (χ2n) is 5.30. The number of aryl methyl sites for hydroxylation is 1.